The maximum Gasteiger partial charge on any atom is 0.205 e. The van der Waals surface area contributed by atoms with E-state index in [1.807, 2.05) is 0 Å². The van der Waals surface area contributed by atoms with E-state index in [-0.39, 0.29) is 24.0 Å². The number of allylic oxidation sites excluding steroid dienone is 4. The summed E-state index contributed by atoms with van der Waals surface area (Å²) in [5.74, 6) is 0. The van der Waals surface area contributed by atoms with Crippen molar-refractivity contribution >= 4 is 35.7 Å². The SMILES string of the molecule is CC[n+]1ccc(C=CC=Cc2ccccc2N(C)C)cc1C=CC=Cc1ccccc1N(C)C.[I-]. The van der Waals surface area contributed by atoms with Gasteiger partial charge in [-0.3, -0.25) is 0 Å². The summed E-state index contributed by atoms with van der Waals surface area (Å²) in [6, 6.07) is 21.2. The van der Waals surface area contributed by atoms with Crippen molar-refractivity contribution in [2.24, 2.45) is 0 Å². The molecule has 0 saturated heterocycles. The van der Waals surface area contributed by atoms with E-state index < -0.39 is 0 Å². The summed E-state index contributed by atoms with van der Waals surface area (Å²) in [5, 5.41) is 0. The van der Waals surface area contributed by atoms with Gasteiger partial charge in [0.1, 0.15) is 6.54 Å². The van der Waals surface area contributed by atoms with Crippen LogP contribution in [0.3, 0.4) is 0 Å². The van der Waals surface area contributed by atoms with E-state index in [4.69, 9.17) is 0 Å². The predicted octanol–water partition coefficient (Wildman–Crippen LogP) is 3.58. The average Bonchev–Trinajstić information content (AvgIpc) is 2.85. The second-order valence-corrected chi connectivity index (χ2v) is 8.51. The zero-order chi connectivity index (χ0) is 24.3. The van der Waals surface area contributed by atoms with Crippen molar-refractivity contribution in [2.45, 2.75) is 13.5 Å². The highest BCUT2D eigenvalue weighted by Gasteiger charge is 2.05. The van der Waals surface area contributed by atoms with Crippen LogP contribution in [0, 0.1) is 0 Å². The third-order valence-corrected chi connectivity index (χ3v) is 5.60. The monoisotopic (exact) mass is 577 g/mol. The smallest absolute Gasteiger partial charge is 0.205 e. The number of aromatic nitrogens is 1. The predicted molar refractivity (Wildman–Crippen MR) is 150 cm³/mol. The van der Waals surface area contributed by atoms with Crippen molar-refractivity contribution < 1.29 is 28.5 Å². The Morgan fingerprint density at radius 2 is 1.14 bits per heavy atom. The van der Waals surface area contributed by atoms with Crippen LogP contribution in [-0.2, 0) is 6.54 Å². The van der Waals surface area contributed by atoms with Gasteiger partial charge in [-0.2, -0.15) is 4.57 Å². The minimum Gasteiger partial charge on any atom is -1.00 e. The summed E-state index contributed by atoms with van der Waals surface area (Å²) in [4.78, 5) is 4.27. The van der Waals surface area contributed by atoms with Crippen molar-refractivity contribution in [1.29, 1.82) is 0 Å². The third-order valence-electron chi connectivity index (χ3n) is 5.60. The Hall–Kier alpha value is -3.12. The molecule has 0 aliphatic rings. The van der Waals surface area contributed by atoms with E-state index in [1.54, 1.807) is 0 Å². The standard InChI is InChI=1S/C31H36N3.HI/c1-6-34-24-23-26(15-7-8-16-27-18-10-13-21-30(27)32(2)3)25-29(34)20-12-9-17-28-19-11-14-22-31(28)33(4)5;/h7-25H,6H2,1-5H3;1H/q+1;/p-1. The molecule has 0 unspecified atom stereocenters. The lowest BCUT2D eigenvalue weighted by molar-refractivity contribution is -0.695. The van der Waals surface area contributed by atoms with Crippen LogP contribution < -0.4 is 38.3 Å². The summed E-state index contributed by atoms with van der Waals surface area (Å²) in [5.41, 5.74) is 7.20. The molecule has 0 atom stereocenters. The Kier molecular flexibility index (Phi) is 11.5. The number of para-hydroxylation sites is 2. The summed E-state index contributed by atoms with van der Waals surface area (Å²) in [6.45, 7) is 3.10. The number of benzene rings is 2. The van der Waals surface area contributed by atoms with Gasteiger partial charge in [-0.05, 0) is 35.7 Å². The molecule has 0 amide bonds. The molecule has 182 valence electrons. The van der Waals surface area contributed by atoms with E-state index in [9.17, 15) is 0 Å². The Morgan fingerprint density at radius 3 is 1.66 bits per heavy atom. The highest BCUT2D eigenvalue weighted by Crippen LogP contribution is 2.20. The molecule has 0 saturated carbocycles. The van der Waals surface area contributed by atoms with Gasteiger partial charge in [0, 0.05) is 57.8 Å². The first-order valence-corrected chi connectivity index (χ1v) is 11.7. The number of hydrogen-bond acceptors (Lipinski definition) is 2. The number of nitrogens with zero attached hydrogens (tertiary/aromatic N) is 3. The molecular weight excluding hydrogens is 541 g/mol. The maximum absolute atomic E-state index is 2.25. The van der Waals surface area contributed by atoms with Crippen molar-refractivity contribution in [3.05, 3.63) is 114 Å². The summed E-state index contributed by atoms with van der Waals surface area (Å²) in [7, 11) is 8.28. The number of halogens is 1. The lowest BCUT2D eigenvalue weighted by Gasteiger charge is -2.14. The number of hydrogen-bond donors (Lipinski definition) is 0. The Morgan fingerprint density at radius 1 is 0.657 bits per heavy atom. The lowest BCUT2D eigenvalue weighted by atomic mass is 10.1. The van der Waals surface area contributed by atoms with Crippen LogP contribution >= 0.6 is 0 Å². The van der Waals surface area contributed by atoms with Gasteiger partial charge in [-0.25, -0.2) is 0 Å². The van der Waals surface area contributed by atoms with Gasteiger partial charge in [0.05, 0.1) is 0 Å². The minimum atomic E-state index is 0. The van der Waals surface area contributed by atoms with Gasteiger partial charge in [-0.15, -0.1) is 0 Å². The van der Waals surface area contributed by atoms with Gasteiger partial charge in [0.2, 0.25) is 5.69 Å². The fraction of sp³-hybridized carbons (Fsp3) is 0.194. The first kappa shape index (κ1) is 28.1. The van der Waals surface area contributed by atoms with Gasteiger partial charge >= 0.3 is 0 Å². The molecule has 0 aliphatic carbocycles. The van der Waals surface area contributed by atoms with Crippen LogP contribution in [0.4, 0.5) is 11.4 Å². The molecule has 0 bridgehead atoms. The Bertz CT molecular complexity index is 1200. The molecule has 0 N–H and O–H groups in total. The number of aryl methyl sites for hydroxylation is 1. The van der Waals surface area contributed by atoms with Crippen molar-refractivity contribution in [2.75, 3.05) is 38.0 Å². The first-order chi connectivity index (χ1) is 16.5. The van der Waals surface area contributed by atoms with E-state index in [2.05, 4.69) is 165 Å². The van der Waals surface area contributed by atoms with Gasteiger partial charge in [-0.1, -0.05) is 78.9 Å². The molecule has 3 rings (SSSR count). The molecule has 0 spiro atoms. The second-order valence-electron chi connectivity index (χ2n) is 8.51. The molecule has 1 heterocycles. The minimum absolute atomic E-state index is 0. The van der Waals surface area contributed by atoms with Crippen molar-refractivity contribution in [1.82, 2.24) is 0 Å². The number of rotatable bonds is 9. The van der Waals surface area contributed by atoms with Gasteiger partial charge in [0.25, 0.3) is 0 Å². The van der Waals surface area contributed by atoms with Gasteiger partial charge < -0.3 is 33.8 Å². The van der Waals surface area contributed by atoms with Crippen LogP contribution in [-0.4, -0.2) is 28.2 Å². The molecule has 2 aromatic carbocycles. The first-order valence-electron chi connectivity index (χ1n) is 11.7. The Labute approximate surface area is 228 Å². The van der Waals surface area contributed by atoms with E-state index in [0.29, 0.717) is 0 Å². The average molecular weight is 578 g/mol. The highest BCUT2D eigenvalue weighted by atomic mass is 127. The molecule has 0 aliphatic heterocycles. The second kappa shape index (κ2) is 14.3. The number of anilines is 2. The van der Waals surface area contributed by atoms with Crippen LogP contribution in [0.15, 0.2) is 91.2 Å². The van der Waals surface area contributed by atoms with Crippen LogP contribution in [0.1, 0.15) is 29.3 Å². The summed E-state index contributed by atoms with van der Waals surface area (Å²) >= 11 is 0. The zero-order valence-electron chi connectivity index (χ0n) is 21.4. The molecule has 4 heteroatoms. The van der Waals surface area contributed by atoms with Crippen molar-refractivity contribution in [3.63, 3.8) is 0 Å². The fourth-order valence-corrected chi connectivity index (χ4v) is 3.81. The Balaban J connectivity index is 0.00000432. The van der Waals surface area contributed by atoms with E-state index in [0.717, 1.165) is 6.54 Å². The molecule has 0 fully saturated rings. The molecule has 35 heavy (non-hydrogen) atoms. The largest absolute Gasteiger partial charge is 1.00 e. The molecule has 1 aromatic heterocycles. The maximum atomic E-state index is 2.25. The normalized spacial score (nSPS) is 11.6. The molecule has 3 nitrogen and oxygen atoms in total. The van der Waals surface area contributed by atoms with Crippen molar-refractivity contribution in [3.8, 4) is 0 Å². The van der Waals surface area contributed by atoms with Crippen LogP contribution in [0.5, 0.6) is 0 Å². The van der Waals surface area contributed by atoms with Crippen LogP contribution in [0.25, 0.3) is 24.3 Å². The lowest BCUT2D eigenvalue weighted by Crippen LogP contribution is -3.00. The highest BCUT2D eigenvalue weighted by molar-refractivity contribution is 5.70. The third kappa shape index (κ3) is 8.25. The number of pyridine rings is 1. The van der Waals surface area contributed by atoms with E-state index >= 15 is 0 Å². The molecular formula is C31H36IN3. The van der Waals surface area contributed by atoms with E-state index in [1.165, 1.54) is 33.8 Å². The fourth-order valence-electron chi connectivity index (χ4n) is 3.81. The topological polar surface area (TPSA) is 10.4 Å². The van der Waals surface area contributed by atoms with Crippen LogP contribution in [0.2, 0.25) is 0 Å². The zero-order valence-corrected chi connectivity index (χ0v) is 23.6. The molecule has 0 radical (unpaired) electrons. The summed E-state index contributed by atoms with van der Waals surface area (Å²) < 4.78 is 2.25. The molecule has 3 aromatic rings. The summed E-state index contributed by atoms with van der Waals surface area (Å²) in [6.07, 6.45) is 19.2. The van der Waals surface area contributed by atoms with Gasteiger partial charge in [0.15, 0.2) is 6.20 Å². The quantitative estimate of drug-likeness (QED) is 0.219.